The standard InChI is InChI=1S/C24H28N2O5S2/c1-4-7-16-26(5-2)33(29,30)18-14-12-17(13-15-18)22(27)25-23-21(24(28)31-6-3)19-10-8-9-11-20(19)32-23/h8-15H,4-7,16H2,1-3H3,(H,25,27). The molecule has 1 amide bonds. The SMILES string of the molecule is CCCCN(CC)S(=O)(=O)c1ccc(C(=O)Nc2sc3ccccc3c2C(=O)OCC)cc1. The van der Waals surface area contributed by atoms with Crippen molar-refractivity contribution in [3.05, 3.63) is 59.7 Å². The molecule has 0 radical (unpaired) electrons. The topological polar surface area (TPSA) is 92.8 Å². The fourth-order valence-corrected chi connectivity index (χ4v) is 6.00. The van der Waals surface area contributed by atoms with E-state index in [0.717, 1.165) is 17.5 Å². The second-order valence-electron chi connectivity index (χ2n) is 7.35. The average molecular weight is 489 g/mol. The maximum atomic E-state index is 12.9. The zero-order valence-corrected chi connectivity index (χ0v) is 20.6. The summed E-state index contributed by atoms with van der Waals surface area (Å²) in [5.41, 5.74) is 0.609. The van der Waals surface area contributed by atoms with Gasteiger partial charge in [-0.2, -0.15) is 4.31 Å². The van der Waals surface area contributed by atoms with Gasteiger partial charge in [0, 0.05) is 28.7 Å². The minimum atomic E-state index is -3.62. The third kappa shape index (κ3) is 5.43. The number of rotatable bonds is 10. The quantitative estimate of drug-likeness (QED) is 0.399. The van der Waals surface area contributed by atoms with Crippen molar-refractivity contribution < 1.29 is 22.7 Å². The summed E-state index contributed by atoms with van der Waals surface area (Å²) >= 11 is 1.29. The van der Waals surface area contributed by atoms with Crippen molar-refractivity contribution in [2.75, 3.05) is 25.0 Å². The van der Waals surface area contributed by atoms with E-state index < -0.39 is 21.9 Å². The average Bonchev–Trinajstić information content (AvgIpc) is 3.17. The number of hydrogen-bond acceptors (Lipinski definition) is 6. The van der Waals surface area contributed by atoms with Gasteiger partial charge in [0.25, 0.3) is 5.91 Å². The van der Waals surface area contributed by atoms with Crippen LogP contribution in [0.5, 0.6) is 0 Å². The number of benzene rings is 2. The van der Waals surface area contributed by atoms with E-state index in [1.165, 1.54) is 39.9 Å². The van der Waals surface area contributed by atoms with Crippen LogP contribution in [-0.4, -0.2) is 44.3 Å². The van der Waals surface area contributed by atoms with Gasteiger partial charge in [0.1, 0.15) is 10.6 Å². The summed E-state index contributed by atoms with van der Waals surface area (Å²) in [5.74, 6) is -0.937. The summed E-state index contributed by atoms with van der Waals surface area (Å²) in [7, 11) is -3.62. The molecule has 1 N–H and O–H groups in total. The Labute approximate surface area is 198 Å². The molecule has 2 aromatic carbocycles. The first-order valence-electron chi connectivity index (χ1n) is 10.9. The van der Waals surface area contributed by atoms with Gasteiger partial charge in [-0.1, -0.05) is 38.5 Å². The van der Waals surface area contributed by atoms with E-state index in [2.05, 4.69) is 5.32 Å². The molecule has 1 aromatic heterocycles. The number of amides is 1. The molecule has 0 saturated carbocycles. The van der Waals surface area contributed by atoms with Crippen LogP contribution in [0.2, 0.25) is 0 Å². The van der Waals surface area contributed by atoms with E-state index in [-0.39, 0.29) is 17.1 Å². The summed E-state index contributed by atoms with van der Waals surface area (Å²) < 4.78 is 33.3. The maximum absolute atomic E-state index is 12.9. The smallest absolute Gasteiger partial charge is 0.341 e. The number of sulfonamides is 1. The van der Waals surface area contributed by atoms with Crippen molar-refractivity contribution >= 4 is 48.3 Å². The van der Waals surface area contributed by atoms with Gasteiger partial charge in [0.05, 0.1) is 11.5 Å². The molecule has 0 bridgehead atoms. The van der Waals surface area contributed by atoms with Crippen LogP contribution in [0, 0.1) is 0 Å². The molecule has 7 nitrogen and oxygen atoms in total. The lowest BCUT2D eigenvalue weighted by molar-refractivity contribution is 0.0530. The molecular weight excluding hydrogens is 460 g/mol. The van der Waals surface area contributed by atoms with Gasteiger partial charge in [0.15, 0.2) is 0 Å². The number of carbonyl (C=O) groups is 2. The van der Waals surface area contributed by atoms with Crippen molar-refractivity contribution in [3.63, 3.8) is 0 Å². The van der Waals surface area contributed by atoms with E-state index in [1.807, 2.05) is 31.2 Å². The Bertz CT molecular complexity index is 1230. The van der Waals surface area contributed by atoms with Gasteiger partial charge < -0.3 is 10.1 Å². The number of unbranched alkanes of at least 4 members (excludes halogenated alkanes) is 1. The van der Waals surface area contributed by atoms with Crippen molar-refractivity contribution in [3.8, 4) is 0 Å². The van der Waals surface area contributed by atoms with Crippen molar-refractivity contribution in [1.29, 1.82) is 0 Å². The lowest BCUT2D eigenvalue weighted by Gasteiger charge is -2.20. The number of ether oxygens (including phenoxy) is 1. The summed E-state index contributed by atoms with van der Waals surface area (Å²) in [4.78, 5) is 25.6. The normalized spacial score (nSPS) is 11.6. The third-order valence-electron chi connectivity index (χ3n) is 5.17. The number of fused-ring (bicyclic) bond motifs is 1. The van der Waals surface area contributed by atoms with Gasteiger partial charge in [0.2, 0.25) is 10.0 Å². The number of nitrogens with zero attached hydrogens (tertiary/aromatic N) is 1. The molecule has 0 spiro atoms. The second kappa shape index (κ2) is 10.9. The molecule has 0 saturated heterocycles. The van der Waals surface area contributed by atoms with Crippen LogP contribution in [-0.2, 0) is 14.8 Å². The van der Waals surface area contributed by atoms with Gasteiger partial charge >= 0.3 is 5.97 Å². The van der Waals surface area contributed by atoms with Crippen LogP contribution in [0.4, 0.5) is 5.00 Å². The van der Waals surface area contributed by atoms with Gasteiger partial charge in [-0.3, -0.25) is 4.79 Å². The van der Waals surface area contributed by atoms with E-state index in [4.69, 9.17) is 4.74 Å². The first kappa shape index (κ1) is 24.9. The molecule has 0 unspecified atom stereocenters. The number of carbonyl (C=O) groups excluding carboxylic acids is 2. The van der Waals surface area contributed by atoms with Crippen molar-refractivity contribution in [2.45, 2.75) is 38.5 Å². The highest BCUT2D eigenvalue weighted by molar-refractivity contribution is 7.89. The molecule has 176 valence electrons. The highest BCUT2D eigenvalue weighted by atomic mass is 32.2. The van der Waals surface area contributed by atoms with Crippen LogP contribution in [0.25, 0.3) is 10.1 Å². The number of nitrogens with one attached hydrogen (secondary N) is 1. The van der Waals surface area contributed by atoms with Gasteiger partial charge in [-0.25, -0.2) is 13.2 Å². The second-order valence-corrected chi connectivity index (χ2v) is 10.3. The summed E-state index contributed by atoms with van der Waals surface area (Å²) in [6.45, 7) is 6.61. The van der Waals surface area contributed by atoms with Crippen LogP contribution >= 0.6 is 11.3 Å². The summed E-state index contributed by atoms with van der Waals surface area (Å²) in [6.07, 6.45) is 1.68. The minimum Gasteiger partial charge on any atom is -0.462 e. The third-order valence-corrected chi connectivity index (χ3v) is 8.24. The minimum absolute atomic E-state index is 0.145. The maximum Gasteiger partial charge on any atom is 0.341 e. The molecule has 0 aliphatic heterocycles. The molecule has 1 heterocycles. The number of hydrogen-bond donors (Lipinski definition) is 1. The highest BCUT2D eigenvalue weighted by Gasteiger charge is 2.24. The summed E-state index contributed by atoms with van der Waals surface area (Å²) in [5, 5.41) is 3.90. The Morgan fingerprint density at radius 3 is 2.36 bits per heavy atom. The molecular formula is C24H28N2O5S2. The lowest BCUT2D eigenvalue weighted by atomic mass is 10.1. The Morgan fingerprint density at radius 2 is 1.73 bits per heavy atom. The molecule has 3 aromatic rings. The lowest BCUT2D eigenvalue weighted by Crippen LogP contribution is -2.31. The van der Waals surface area contributed by atoms with Crippen LogP contribution < -0.4 is 5.32 Å². The fraction of sp³-hybridized carbons (Fsp3) is 0.333. The number of esters is 1. The molecule has 33 heavy (non-hydrogen) atoms. The highest BCUT2D eigenvalue weighted by Crippen LogP contribution is 2.36. The summed E-state index contributed by atoms with van der Waals surface area (Å²) in [6, 6.07) is 13.2. The molecule has 0 aliphatic carbocycles. The Balaban J connectivity index is 1.85. The largest absolute Gasteiger partial charge is 0.462 e. The number of anilines is 1. The van der Waals surface area contributed by atoms with Crippen LogP contribution in [0.3, 0.4) is 0 Å². The monoisotopic (exact) mass is 488 g/mol. The van der Waals surface area contributed by atoms with Crippen LogP contribution in [0.15, 0.2) is 53.4 Å². The molecule has 9 heteroatoms. The predicted molar refractivity (Wildman–Crippen MR) is 132 cm³/mol. The predicted octanol–water partition coefficient (Wildman–Crippen LogP) is 5.14. The zero-order valence-electron chi connectivity index (χ0n) is 19.0. The Morgan fingerprint density at radius 1 is 1.03 bits per heavy atom. The van der Waals surface area contributed by atoms with Crippen molar-refractivity contribution in [2.24, 2.45) is 0 Å². The van der Waals surface area contributed by atoms with E-state index >= 15 is 0 Å². The van der Waals surface area contributed by atoms with E-state index in [1.54, 1.807) is 13.8 Å². The first-order valence-corrected chi connectivity index (χ1v) is 13.2. The zero-order chi connectivity index (χ0) is 24.0. The van der Waals surface area contributed by atoms with Crippen LogP contribution in [0.1, 0.15) is 54.3 Å². The Hall–Kier alpha value is -2.75. The molecule has 0 atom stereocenters. The molecule has 0 fully saturated rings. The Kier molecular flexibility index (Phi) is 8.23. The van der Waals surface area contributed by atoms with Gasteiger partial charge in [-0.15, -0.1) is 11.3 Å². The van der Waals surface area contributed by atoms with E-state index in [0.29, 0.717) is 29.0 Å². The molecule has 0 aliphatic rings. The van der Waals surface area contributed by atoms with Gasteiger partial charge in [-0.05, 0) is 43.7 Å². The fourth-order valence-electron chi connectivity index (χ4n) is 3.42. The molecule has 3 rings (SSSR count). The first-order chi connectivity index (χ1) is 15.8. The number of thiophene rings is 1. The van der Waals surface area contributed by atoms with E-state index in [9.17, 15) is 18.0 Å². The van der Waals surface area contributed by atoms with Crippen molar-refractivity contribution in [1.82, 2.24) is 4.31 Å².